The van der Waals surface area contributed by atoms with Gasteiger partial charge in [0.1, 0.15) is 11.6 Å². The molecule has 0 unspecified atom stereocenters. The third kappa shape index (κ3) is 3.16. The van der Waals surface area contributed by atoms with Crippen molar-refractivity contribution in [2.45, 2.75) is 38.8 Å². The van der Waals surface area contributed by atoms with E-state index in [1.54, 1.807) is 0 Å². The molecule has 0 amide bonds. The van der Waals surface area contributed by atoms with E-state index < -0.39 is 5.54 Å². The zero-order valence-electron chi connectivity index (χ0n) is 16.7. The smallest absolute Gasteiger partial charge is 0.326 e. The number of esters is 1. The molecule has 2 aromatic rings. The summed E-state index contributed by atoms with van der Waals surface area (Å²) in [6.45, 7) is 6.40. The molecule has 4 nitrogen and oxygen atoms in total. The van der Waals surface area contributed by atoms with E-state index in [0.717, 1.165) is 16.8 Å². The second-order valence-electron chi connectivity index (χ2n) is 8.49. The molecule has 146 valence electrons. The molecule has 2 heterocycles. The number of cyclic esters (lactones) is 1. The van der Waals surface area contributed by atoms with Gasteiger partial charge >= 0.3 is 5.97 Å². The van der Waals surface area contributed by atoms with Crippen molar-refractivity contribution in [3.63, 3.8) is 0 Å². The zero-order chi connectivity index (χ0) is 19.9. The average molecular weight is 377 g/mol. The zero-order valence-corrected chi connectivity index (χ0v) is 16.7. The first-order valence-electron chi connectivity index (χ1n) is 10.1. The number of carbonyl (C=O) groups is 1. The van der Waals surface area contributed by atoms with Gasteiger partial charge in [-0.3, -0.25) is 9.78 Å². The molecule has 1 saturated carbocycles. The Morgan fingerprint density at radius 1 is 1.11 bits per heavy atom. The van der Waals surface area contributed by atoms with Crippen molar-refractivity contribution >= 4 is 12.0 Å². The molecule has 2 N–H and O–H groups in total. The van der Waals surface area contributed by atoms with Crippen LogP contribution in [-0.4, -0.2) is 22.6 Å². The monoisotopic (exact) mass is 376 g/mol. The van der Waals surface area contributed by atoms with E-state index in [4.69, 9.17) is 10.5 Å². The molecule has 28 heavy (non-hydrogen) atoms. The number of rotatable bonds is 3. The number of nitrogens with two attached hydrogens (primary N) is 1. The van der Waals surface area contributed by atoms with Crippen LogP contribution in [0.15, 0.2) is 54.7 Å². The summed E-state index contributed by atoms with van der Waals surface area (Å²) in [4.78, 5) is 17.0. The quantitative estimate of drug-likeness (QED) is 0.811. The molecule has 0 spiro atoms. The van der Waals surface area contributed by atoms with Gasteiger partial charge in [-0.25, -0.2) is 0 Å². The molecule has 0 radical (unpaired) electrons. The summed E-state index contributed by atoms with van der Waals surface area (Å²) in [5, 5.41) is 0. The van der Waals surface area contributed by atoms with Crippen LogP contribution in [0.5, 0.6) is 0 Å². The number of nitrogens with zero attached hydrogens (tertiary/aromatic N) is 1. The van der Waals surface area contributed by atoms with Crippen LogP contribution in [0.4, 0.5) is 0 Å². The number of hydrogen-bond donors (Lipinski definition) is 1. The van der Waals surface area contributed by atoms with Gasteiger partial charge < -0.3 is 10.5 Å². The molecule has 1 aliphatic carbocycles. The second kappa shape index (κ2) is 7.17. The third-order valence-corrected chi connectivity index (χ3v) is 6.74. The summed E-state index contributed by atoms with van der Waals surface area (Å²) < 4.78 is 5.54. The Hall–Kier alpha value is -2.46. The highest BCUT2D eigenvalue weighted by molar-refractivity contribution is 5.84. The third-order valence-electron chi connectivity index (χ3n) is 6.74. The summed E-state index contributed by atoms with van der Waals surface area (Å²) in [6, 6.07) is 14.3. The van der Waals surface area contributed by atoms with Crippen molar-refractivity contribution in [2.24, 2.45) is 29.4 Å². The standard InChI is InChI=1S/C24H28N2O2/c1-15-13-24(25)22(17(3)28-23(24)27)21(16(15)2)12-11-20-10-9-19(14-26-20)18-7-5-4-6-8-18/h4-12,14-17,21-22H,13,25H2,1-3H3/b12-11+/t15-,16+,17+,21-,22-,24-/m0/s1. The van der Waals surface area contributed by atoms with E-state index in [1.165, 1.54) is 0 Å². The lowest BCUT2D eigenvalue weighted by molar-refractivity contribution is -0.145. The van der Waals surface area contributed by atoms with Crippen LogP contribution < -0.4 is 5.73 Å². The van der Waals surface area contributed by atoms with E-state index in [9.17, 15) is 4.79 Å². The highest BCUT2D eigenvalue weighted by Gasteiger charge is 2.60. The Morgan fingerprint density at radius 3 is 2.54 bits per heavy atom. The Kier molecular flexibility index (Phi) is 4.84. The van der Waals surface area contributed by atoms with Crippen molar-refractivity contribution in [3.05, 3.63) is 60.4 Å². The Morgan fingerprint density at radius 2 is 1.86 bits per heavy atom. The van der Waals surface area contributed by atoms with Gasteiger partial charge in [-0.15, -0.1) is 0 Å². The van der Waals surface area contributed by atoms with Crippen LogP contribution >= 0.6 is 0 Å². The second-order valence-corrected chi connectivity index (χ2v) is 8.49. The summed E-state index contributed by atoms with van der Waals surface area (Å²) in [5.74, 6) is 0.741. The van der Waals surface area contributed by atoms with E-state index in [1.807, 2.05) is 37.4 Å². The minimum atomic E-state index is -0.870. The topological polar surface area (TPSA) is 65.2 Å². The number of aromatic nitrogens is 1. The Balaban J connectivity index is 1.58. The molecular formula is C24H28N2O2. The molecule has 0 bridgehead atoms. The fraction of sp³-hybridized carbons (Fsp3) is 0.417. The van der Waals surface area contributed by atoms with Crippen molar-refractivity contribution < 1.29 is 9.53 Å². The number of fused-ring (bicyclic) bond motifs is 1. The minimum absolute atomic E-state index is 0.00559. The van der Waals surface area contributed by atoms with Gasteiger partial charge in [0.15, 0.2) is 0 Å². The van der Waals surface area contributed by atoms with Crippen LogP contribution in [0.3, 0.4) is 0 Å². The number of carbonyl (C=O) groups excluding carboxylic acids is 1. The maximum atomic E-state index is 12.4. The van der Waals surface area contributed by atoms with Gasteiger partial charge in [0, 0.05) is 17.7 Å². The highest BCUT2D eigenvalue weighted by atomic mass is 16.6. The number of hydrogen-bond acceptors (Lipinski definition) is 4. The van der Waals surface area contributed by atoms with Crippen molar-refractivity contribution in [3.8, 4) is 11.1 Å². The predicted molar refractivity (Wildman–Crippen MR) is 111 cm³/mol. The van der Waals surface area contributed by atoms with Crippen LogP contribution in [-0.2, 0) is 9.53 Å². The first-order valence-corrected chi connectivity index (χ1v) is 10.1. The highest BCUT2D eigenvalue weighted by Crippen LogP contribution is 2.50. The predicted octanol–water partition coefficient (Wildman–Crippen LogP) is 4.31. The number of allylic oxidation sites excluding steroid dienone is 1. The molecule has 2 aliphatic rings. The largest absolute Gasteiger partial charge is 0.461 e. The molecule has 1 aromatic carbocycles. The van der Waals surface area contributed by atoms with Crippen molar-refractivity contribution in [2.75, 3.05) is 0 Å². The van der Waals surface area contributed by atoms with Crippen LogP contribution in [0, 0.1) is 23.7 Å². The van der Waals surface area contributed by atoms with Gasteiger partial charge in [-0.1, -0.05) is 56.3 Å². The van der Waals surface area contributed by atoms with Crippen molar-refractivity contribution in [1.82, 2.24) is 4.98 Å². The average Bonchev–Trinajstić information content (AvgIpc) is 2.92. The maximum absolute atomic E-state index is 12.4. The SMILES string of the molecule is C[C@H]1[C@H](/C=C/c2ccc(-c3ccccc3)cn2)[C@@H]2[C@@H](C)OC(=O)[C@]2(N)C[C@@H]1C. The summed E-state index contributed by atoms with van der Waals surface area (Å²) in [6.07, 6.45) is 6.69. The molecule has 6 atom stereocenters. The fourth-order valence-electron chi connectivity index (χ4n) is 5.02. The summed E-state index contributed by atoms with van der Waals surface area (Å²) in [5.41, 5.74) is 8.86. The van der Waals surface area contributed by atoms with Crippen LogP contribution in [0.25, 0.3) is 17.2 Å². The summed E-state index contributed by atoms with van der Waals surface area (Å²) in [7, 11) is 0. The molecule has 1 aliphatic heterocycles. The molecule has 2 fully saturated rings. The maximum Gasteiger partial charge on any atom is 0.326 e. The van der Waals surface area contributed by atoms with Gasteiger partial charge in [0.25, 0.3) is 0 Å². The Bertz CT molecular complexity index is 877. The van der Waals surface area contributed by atoms with E-state index in [-0.39, 0.29) is 23.9 Å². The Labute approximate surface area is 166 Å². The van der Waals surface area contributed by atoms with Gasteiger partial charge in [-0.05, 0) is 48.8 Å². The van der Waals surface area contributed by atoms with E-state index >= 15 is 0 Å². The van der Waals surface area contributed by atoms with Crippen LogP contribution in [0.1, 0.15) is 32.9 Å². The first kappa shape index (κ1) is 18.9. The van der Waals surface area contributed by atoms with Gasteiger partial charge in [-0.2, -0.15) is 0 Å². The van der Waals surface area contributed by atoms with Crippen molar-refractivity contribution in [1.29, 1.82) is 0 Å². The molecular weight excluding hydrogens is 348 g/mol. The minimum Gasteiger partial charge on any atom is -0.461 e. The number of benzene rings is 1. The van der Waals surface area contributed by atoms with Gasteiger partial charge in [0.05, 0.1) is 5.69 Å². The molecule has 4 rings (SSSR count). The summed E-state index contributed by atoms with van der Waals surface area (Å²) >= 11 is 0. The van der Waals surface area contributed by atoms with Gasteiger partial charge in [0.2, 0.25) is 0 Å². The lowest BCUT2D eigenvalue weighted by Crippen LogP contribution is -2.58. The fourth-order valence-corrected chi connectivity index (χ4v) is 5.02. The molecule has 1 aromatic heterocycles. The number of pyridine rings is 1. The van der Waals surface area contributed by atoms with E-state index in [0.29, 0.717) is 18.3 Å². The molecule has 1 saturated heterocycles. The van der Waals surface area contributed by atoms with E-state index in [2.05, 4.69) is 49.2 Å². The lowest BCUT2D eigenvalue weighted by atomic mass is 9.59. The van der Waals surface area contributed by atoms with Crippen LogP contribution in [0.2, 0.25) is 0 Å². The lowest BCUT2D eigenvalue weighted by Gasteiger charge is -2.45. The number of ether oxygens (including phenoxy) is 1. The first-order chi connectivity index (χ1) is 13.4. The molecule has 4 heteroatoms. The normalized spacial score (nSPS) is 35.0.